The van der Waals surface area contributed by atoms with E-state index in [9.17, 15) is 19.4 Å². The van der Waals surface area contributed by atoms with E-state index in [1.54, 1.807) is 6.08 Å². The number of hydrogen-bond donors (Lipinski definition) is 3. The molecule has 3 atom stereocenters. The van der Waals surface area contributed by atoms with Crippen LogP contribution in [0.15, 0.2) is 109 Å². The highest BCUT2D eigenvalue weighted by atomic mass is 31.2. The molecule has 71 heavy (non-hydrogen) atoms. The van der Waals surface area contributed by atoms with Gasteiger partial charge in [-0.05, 0) is 96.3 Å². The lowest BCUT2D eigenvalue weighted by Crippen LogP contribution is -2.45. The Hall–Kier alpha value is -2.84. The minimum absolute atomic E-state index is 0.0443. The van der Waals surface area contributed by atoms with Gasteiger partial charge in [0.15, 0.2) is 0 Å². The van der Waals surface area contributed by atoms with Gasteiger partial charge >= 0.3 is 7.82 Å². The van der Waals surface area contributed by atoms with Gasteiger partial charge in [0.25, 0.3) is 0 Å². The lowest BCUT2D eigenvalue weighted by Gasteiger charge is -2.25. The third-order valence-electron chi connectivity index (χ3n) is 12.2. The standard InChI is InChI=1S/C62H109N2O6P/c1-6-8-10-12-14-16-18-20-22-24-26-28-30-32-34-36-38-40-42-44-46-48-50-52-54-56-62(66)63-60(59-70-71(67,68)69-58-57-64(3,4)5)61(65)55-53-51-49-47-45-43-41-39-37-35-33-31-29-27-25-23-21-19-17-15-13-11-9-7-2/h8,10,14,16,20,22,26,28,32,34,37-40,45,47,53,55,60-61,65H,6-7,9,11-13,15,17-19,21,23-25,27,29-31,33,35-36,41-44,46,48-52,54,56-59H2,1-5H3,(H-,63,66,67,68)/p+1/b10-8-,16-14-,22-20-,28-26-,34-32-,39-37+,40-38-,47-45+,55-53+. The minimum atomic E-state index is -4.37. The number of phosphoric acid groups is 1. The van der Waals surface area contributed by atoms with Crippen LogP contribution in [0.1, 0.15) is 226 Å². The Balaban J connectivity index is 4.37. The lowest BCUT2D eigenvalue weighted by atomic mass is 10.0. The molecule has 0 fully saturated rings. The molecule has 9 heteroatoms. The van der Waals surface area contributed by atoms with Gasteiger partial charge < -0.3 is 19.8 Å². The highest BCUT2D eigenvalue weighted by molar-refractivity contribution is 7.47. The summed E-state index contributed by atoms with van der Waals surface area (Å²) in [5.41, 5.74) is 0. The van der Waals surface area contributed by atoms with Crippen molar-refractivity contribution in [3.8, 4) is 0 Å². The third kappa shape index (κ3) is 54.8. The Bertz CT molecular complexity index is 1520. The molecule has 0 heterocycles. The van der Waals surface area contributed by atoms with Gasteiger partial charge in [-0.3, -0.25) is 13.8 Å². The number of aliphatic hydroxyl groups excluding tert-OH is 1. The molecular weight excluding hydrogens is 900 g/mol. The Morgan fingerprint density at radius 3 is 1.30 bits per heavy atom. The van der Waals surface area contributed by atoms with E-state index in [1.807, 2.05) is 27.2 Å². The summed E-state index contributed by atoms with van der Waals surface area (Å²) in [5, 5.41) is 13.9. The minimum Gasteiger partial charge on any atom is -0.387 e. The van der Waals surface area contributed by atoms with Crippen LogP contribution < -0.4 is 5.32 Å². The number of amides is 1. The molecule has 0 aliphatic rings. The summed E-state index contributed by atoms with van der Waals surface area (Å²) < 4.78 is 23.7. The summed E-state index contributed by atoms with van der Waals surface area (Å²) in [6.07, 6.45) is 76.2. The molecule has 0 saturated heterocycles. The van der Waals surface area contributed by atoms with Gasteiger partial charge in [-0.25, -0.2) is 4.57 Å². The molecule has 8 nitrogen and oxygen atoms in total. The van der Waals surface area contributed by atoms with Crippen LogP contribution in [-0.4, -0.2) is 73.4 Å². The first-order chi connectivity index (χ1) is 34.5. The summed E-state index contributed by atoms with van der Waals surface area (Å²) >= 11 is 0. The molecule has 0 radical (unpaired) electrons. The van der Waals surface area contributed by atoms with Crippen LogP contribution in [0, 0.1) is 0 Å². The molecule has 408 valence electrons. The fourth-order valence-electron chi connectivity index (χ4n) is 7.72. The van der Waals surface area contributed by atoms with Crippen molar-refractivity contribution in [1.82, 2.24) is 5.32 Å². The van der Waals surface area contributed by atoms with Gasteiger partial charge in [-0.2, -0.15) is 0 Å². The molecule has 0 bridgehead atoms. The first kappa shape index (κ1) is 68.2. The maximum Gasteiger partial charge on any atom is 0.472 e. The predicted molar refractivity (Wildman–Crippen MR) is 309 cm³/mol. The van der Waals surface area contributed by atoms with Crippen LogP contribution in [-0.2, 0) is 18.4 Å². The average Bonchev–Trinajstić information content (AvgIpc) is 3.33. The Kier molecular flexibility index (Phi) is 50.0. The van der Waals surface area contributed by atoms with E-state index in [0.717, 1.165) is 103 Å². The maximum absolute atomic E-state index is 13.0. The fourth-order valence-corrected chi connectivity index (χ4v) is 8.46. The van der Waals surface area contributed by atoms with Crippen LogP contribution in [0.3, 0.4) is 0 Å². The zero-order valence-corrected chi connectivity index (χ0v) is 47.3. The number of allylic oxidation sites excluding steroid dienone is 17. The van der Waals surface area contributed by atoms with Gasteiger partial charge in [0.2, 0.25) is 5.91 Å². The predicted octanol–water partition coefficient (Wildman–Crippen LogP) is 17.6. The number of likely N-dealkylation sites (N-methyl/N-ethyl adjacent to an activating group) is 1. The number of carbonyl (C=O) groups excluding carboxylic acids is 1. The average molecular weight is 1010 g/mol. The normalized spacial score (nSPS) is 14.7. The van der Waals surface area contributed by atoms with E-state index >= 15 is 0 Å². The number of nitrogens with zero attached hydrogens (tertiary/aromatic N) is 1. The Labute approximate surface area is 438 Å². The van der Waals surface area contributed by atoms with Crippen molar-refractivity contribution in [2.24, 2.45) is 0 Å². The van der Waals surface area contributed by atoms with Gasteiger partial charge in [0, 0.05) is 6.42 Å². The summed E-state index contributed by atoms with van der Waals surface area (Å²) in [4.78, 5) is 23.3. The maximum atomic E-state index is 13.0. The molecule has 1 amide bonds. The second-order valence-corrected chi connectivity index (χ2v) is 21.7. The fraction of sp³-hybridized carbons (Fsp3) is 0.694. The molecule has 0 aromatic heterocycles. The molecule has 0 aromatic rings. The molecule has 0 rings (SSSR count). The largest absolute Gasteiger partial charge is 0.472 e. The topological polar surface area (TPSA) is 105 Å². The zero-order chi connectivity index (χ0) is 52.0. The first-order valence-electron chi connectivity index (χ1n) is 28.8. The summed E-state index contributed by atoms with van der Waals surface area (Å²) in [7, 11) is 1.52. The van der Waals surface area contributed by atoms with E-state index in [4.69, 9.17) is 9.05 Å². The summed E-state index contributed by atoms with van der Waals surface area (Å²) in [5.74, 6) is -0.209. The molecular formula is C62H110N2O6P+. The molecule has 0 aliphatic carbocycles. The van der Waals surface area contributed by atoms with Crippen LogP contribution in [0.25, 0.3) is 0 Å². The number of quaternary nitrogens is 1. The lowest BCUT2D eigenvalue weighted by molar-refractivity contribution is -0.870. The van der Waals surface area contributed by atoms with Crippen molar-refractivity contribution < 1.29 is 32.9 Å². The number of nitrogens with one attached hydrogen (secondary N) is 1. The quantitative estimate of drug-likeness (QED) is 0.0243. The number of phosphoric ester groups is 1. The first-order valence-corrected chi connectivity index (χ1v) is 30.3. The molecule has 0 aromatic carbocycles. The van der Waals surface area contributed by atoms with Crippen molar-refractivity contribution in [1.29, 1.82) is 0 Å². The molecule has 0 aliphatic heterocycles. The summed E-state index contributed by atoms with van der Waals surface area (Å²) in [6.45, 7) is 4.66. The molecule has 0 saturated carbocycles. The SMILES string of the molecule is CC/C=C\C/C=C\C/C=C\C/C=C\C/C=C\C/C=C\CCCCCCCCC(=O)NC(COP(=O)(O)OCC[N+](C)(C)C)C(O)/C=C/CC/C=C/CC/C=C/CCCCCCCCCCCCCCCC. The van der Waals surface area contributed by atoms with Crippen LogP contribution in [0.2, 0.25) is 0 Å². The zero-order valence-electron chi connectivity index (χ0n) is 46.4. The van der Waals surface area contributed by atoms with Gasteiger partial charge in [-0.1, -0.05) is 232 Å². The number of hydrogen-bond acceptors (Lipinski definition) is 5. The van der Waals surface area contributed by atoms with Crippen molar-refractivity contribution in [2.75, 3.05) is 40.9 Å². The van der Waals surface area contributed by atoms with Gasteiger partial charge in [0.05, 0.1) is 39.9 Å². The third-order valence-corrected chi connectivity index (χ3v) is 13.2. The van der Waals surface area contributed by atoms with Gasteiger partial charge in [-0.15, -0.1) is 0 Å². The summed E-state index contributed by atoms with van der Waals surface area (Å²) in [6, 6.07) is -0.887. The van der Waals surface area contributed by atoms with E-state index in [-0.39, 0.29) is 19.1 Å². The van der Waals surface area contributed by atoms with E-state index in [0.29, 0.717) is 17.4 Å². The van der Waals surface area contributed by atoms with E-state index < -0.39 is 20.0 Å². The Morgan fingerprint density at radius 1 is 0.493 bits per heavy atom. The highest BCUT2D eigenvalue weighted by Gasteiger charge is 2.27. The van der Waals surface area contributed by atoms with E-state index in [2.05, 4.69) is 116 Å². The van der Waals surface area contributed by atoms with Crippen LogP contribution >= 0.6 is 7.82 Å². The monoisotopic (exact) mass is 1010 g/mol. The van der Waals surface area contributed by atoms with E-state index in [1.165, 1.54) is 103 Å². The smallest absolute Gasteiger partial charge is 0.387 e. The second kappa shape index (κ2) is 52.0. The van der Waals surface area contributed by atoms with Gasteiger partial charge in [0.1, 0.15) is 13.2 Å². The number of unbranched alkanes of at least 4 members (excludes halogenated alkanes) is 22. The second-order valence-electron chi connectivity index (χ2n) is 20.3. The Morgan fingerprint density at radius 2 is 0.859 bits per heavy atom. The highest BCUT2D eigenvalue weighted by Crippen LogP contribution is 2.43. The number of rotatable bonds is 51. The number of aliphatic hydroxyl groups is 1. The van der Waals surface area contributed by atoms with Crippen molar-refractivity contribution in [2.45, 2.75) is 238 Å². The molecule has 0 spiro atoms. The molecule has 3 N–H and O–H groups in total. The van der Waals surface area contributed by atoms with Crippen molar-refractivity contribution in [3.05, 3.63) is 109 Å². The van der Waals surface area contributed by atoms with Crippen molar-refractivity contribution >= 4 is 13.7 Å². The number of carbonyl (C=O) groups is 1. The van der Waals surface area contributed by atoms with Crippen LogP contribution in [0.5, 0.6) is 0 Å². The van der Waals surface area contributed by atoms with Crippen molar-refractivity contribution in [3.63, 3.8) is 0 Å². The van der Waals surface area contributed by atoms with Crippen LogP contribution in [0.4, 0.5) is 0 Å². The molecule has 3 unspecified atom stereocenters.